The molecule has 1 amide bonds. The minimum absolute atomic E-state index is 0. The van der Waals surface area contributed by atoms with Gasteiger partial charge in [-0.05, 0) is 94.8 Å². The molecule has 0 saturated carbocycles. The summed E-state index contributed by atoms with van der Waals surface area (Å²) in [5, 5.41) is 11.2. The van der Waals surface area contributed by atoms with Crippen molar-refractivity contribution in [2.24, 2.45) is 0 Å². The van der Waals surface area contributed by atoms with Crippen molar-refractivity contribution in [1.29, 1.82) is 0 Å². The molecule has 0 unspecified atom stereocenters. The zero-order valence-electron chi connectivity index (χ0n) is 31.7. The second kappa shape index (κ2) is 20.0. The molecule has 1 aliphatic rings. The largest absolute Gasteiger partial charge is 0.493 e. The molecule has 0 radical (unpaired) electrons. The summed E-state index contributed by atoms with van der Waals surface area (Å²) in [6.07, 6.45) is 5.77. The van der Waals surface area contributed by atoms with E-state index < -0.39 is 4.92 Å². The number of aryl methyl sites for hydroxylation is 1. The van der Waals surface area contributed by atoms with Crippen molar-refractivity contribution >= 4 is 41.7 Å². The second-order valence-electron chi connectivity index (χ2n) is 13.9. The van der Waals surface area contributed by atoms with Gasteiger partial charge in [0.05, 0.1) is 22.7 Å². The lowest BCUT2D eigenvalue weighted by Crippen LogP contribution is -2.47. The van der Waals surface area contributed by atoms with Crippen LogP contribution in [0.4, 0.5) is 5.69 Å². The molecule has 6 rings (SSSR count). The molecule has 1 fully saturated rings. The molecule has 56 heavy (non-hydrogen) atoms. The van der Waals surface area contributed by atoms with Crippen LogP contribution in [0.25, 0.3) is 6.08 Å². The summed E-state index contributed by atoms with van der Waals surface area (Å²) in [5.74, 6) is 2.71. The standard InChI is InChI=1S/C44H45ClN4O6.ClH/c1-31(2)37-11-15-39(16-12-37)53-25-20-33-4-6-34(7-5-33)29-47-21-23-48(24-22-47)43(50)19-10-36-26-32(3)44(41(45)27-36)55-42-18-17-40(28-46-42)54-30-35-8-13-38(14-9-35)49(51)52;/h4-19,26-28,31H,20-25,29-30H2,1-3H3;1H/b19-10+;. The SMILES string of the molecule is Cc1cc(/C=C/C(=O)N2CCN(Cc3ccc(CCOc4ccc(C(C)C)cc4)cc3)CC2)cc(Cl)c1Oc1ccc(OCc2ccc([N+](=O)[O-])cc2)cn1.Cl. The van der Waals surface area contributed by atoms with E-state index in [1.165, 1.54) is 35.0 Å². The van der Waals surface area contributed by atoms with Gasteiger partial charge in [-0.1, -0.05) is 61.8 Å². The molecule has 4 aromatic carbocycles. The molecule has 10 nitrogen and oxygen atoms in total. The predicted molar refractivity (Wildman–Crippen MR) is 222 cm³/mol. The van der Waals surface area contributed by atoms with Gasteiger partial charge in [0.2, 0.25) is 11.8 Å². The first-order chi connectivity index (χ1) is 26.6. The predicted octanol–water partition coefficient (Wildman–Crippen LogP) is 9.85. The number of non-ortho nitro benzene ring substituents is 1. The Labute approximate surface area is 339 Å². The third-order valence-electron chi connectivity index (χ3n) is 9.46. The number of hydrogen-bond acceptors (Lipinski definition) is 8. The van der Waals surface area contributed by atoms with Crippen LogP contribution in [-0.2, 0) is 24.4 Å². The van der Waals surface area contributed by atoms with Crippen LogP contribution in [0.2, 0.25) is 5.02 Å². The summed E-state index contributed by atoms with van der Waals surface area (Å²) in [5.41, 5.74) is 6.22. The number of ether oxygens (including phenoxy) is 3. The van der Waals surface area contributed by atoms with Crippen LogP contribution < -0.4 is 14.2 Å². The Kier molecular flexibility index (Phi) is 14.9. The van der Waals surface area contributed by atoms with Gasteiger partial charge < -0.3 is 19.1 Å². The highest BCUT2D eigenvalue weighted by Crippen LogP contribution is 2.34. The Morgan fingerprint density at radius 1 is 0.875 bits per heavy atom. The fourth-order valence-corrected chi connectivity index (χ4v) is 6.50. The lowest BCUT2D eigenvalue weighted by molar-refractivity contribution is -0.384. The van der Waals surface area contributed by atoms with Crippen molar-refractivity contribution in [3.05, 3.63) is 158 Å². The molecule has 1 aliphatic heterocycles. The fraction of sp³-hybridized carbons (Fsp3) is 0.273. The third-order valence-corrected chi connectivity index (χ3v) is 9.74. The zero-order chi connectivity index (χ0) is 38.7. The molecule has 0 atom stereocenters. The van der Waals surface area contributed by atoms with Crippen molar-refractivity contribution in [3.63, 3.8) is 0 Å². The minimum Gasteiger partial charge on any atom is -0.493 e. The number of piperazine rings is 1. The van der Waals surface area contributed by atoms with Crippen molar-refractivity contribution in [3.8, 4) is 23.1 Å². The molecular weight excluding hydrogens is 751 g/mol. The van der Waals surface area contributed by atoms with E-state index in [1.807, 2.05) is 30.0 Å². The monoisotopic (exact) mass is 796 g/mol. The molecule has 0 aliphatic carbocycles. The number of carbonyl (C=O) groups excluding carboxylic acids is 1. The van der Waals surface area contributed by atoms with E-state index in [0.29, 0.717) is 48.0 Å². The van der Waals surface area contributed by atoms with Crippen LogP contribution in [-0.4, -0.2) is 58.4 Å². The number of halogens is 2. The lowest BCUT2D eigenvalue weighted by Gasteiger charge is -2.34. The van der Waals surface area contributed by atoms with Crippen LogP contribution in [0.15, 0.2) is 109 Å². The first kappa shape index (κ1) is 41.7. The van der Waals surface area contributed by atoms with Crippen molar-refractivity contribution in [2.75, 3.05) is 32.8 Å². The van der Waals surface area contributed by atoms with Crippen LogP contribution in [0, 0.1) is 17.0 Å². The zero-order valence-corrected chi connectivity index (χ0v) is 33.3. The maximum Gasteiger partial charge on any atom is 0.269 e. The number of pyridine rings is 1. The highest BCUT2D eigenvalue weighted by molar-refractivity contribution is 6.32. The van der Waals surface area contributed by atoms with Gasteiger partial charge in [0.25, 0.3) is 5.69 Å². The van der Waals surface area contributed by atoms with Gasteiger partial charge in [0.15, 0.2) is 5.75 Å². The van der Waals surface area contributed by atoms with E-state index in [-0.39, 0.29) is 30.6 Å². The minimum atomic E-state index is -0.440. The van der Waals surface area contributed by atoms with Crippen LogP contribution in [0.5, 0.6) is 23.1 Å². The Balaban J connectivity index is 0.00000600. The molecule has 5 aromatic rings. The molecule has 0 N–H and O–H groups in total. The first-order valence-electron chi connectivity index (χ1n) is 18.4. The van der Waals surface area contributed by atoms with E-state index in [4.69, 9.17) is 25.8 Å². The van der Waals surface area contributed by atoms with E-state index in [0.717, 1.165) is 48.5 Å². The van der Waals surface area contributed by atoms with Crippen LogP contribution >= 0.6 is 24.0 Å². The maximum atomic E-state index is 13.1. The van der Waals surface area contributed by atoms with Crippen molar-refractivity contribution in [1.82, 2.24) is 14.8 Å². The Hall–Kier alpha value is -5.42. The molecule has 0 bridgehead atoms. The number of nitro benzene ring substituents is 1. The van der Waals surface area contributed by atoms with Crippen LogP contribution in [0.1, 0.15) is 53.1 Å². The Morgan fingerprint density at radius 3 is 2.16 bits per heavy atom. The van der Waals surface area contributed by atoms with E-state index in [2.05, 4.69) is 60.1 Å². The lowest BCUT2D eigenvalue weighted by atomic mass is 10.0. The number of nitro groups is 1. The third kappa shape index (κ3) is 11.8. The Morgan fingerprint density at radius 2 is 1.54 bits per heavy atom. The first-order valence-corrected chi connectivity index (χ1v) is 18.8. The molecule has 12 heteroatoms. The summed E-state index contributed by atoms with van der Waals surface area (Å²) in [4.78, 5) is 32.1. The highest BCUT2D eigenvalue weighted by atomic mass is 35.5. The van der Waals surface area contributed by atoms with Gasteiger partial charge in [-0.15, -0.1) is 12.4 Å². The number of carbonyl (C=O) groups is 1. The maximum absolute atomic E-state index is 13.1. The molecule has 1 aromatic heterocycles. The molecule has 292 valence electrons. The molecule has 2 heterocycles. The van der Waals surface area contributed by atoms with Crippen molar-refractivity contribution < 1.29 is 23.9 Å². The van der Waals surface area contributed by atoms with Gasteiger partial charge in [-0.25, -0.2) is 4.98 Å². The summed E-state index contributed by atoms with van der Waals surface area (Å²) in [6.45, 7) is 10.9. The Bertz CT molecular complexity index is 2060. The van der Waals surface area contributed by atoms with E-state index >= 15 is 0 Å². The second-order valence-corrected chi connectivity index (χ2v) is 14.3. The number of rotatable bonds is 15. The molecule has 0 spiro atoms. The van der Waals surface area contributed by atoms with Crippen molar-refractivity contribution in [2.45, 2.75) is 46.3 Å². The van der Waals surface area contributed by atoms with E-state index in [9.17, 15) is 14.9 Å². The van der Waals surface area contributed by atoms with Gasteiger partial charge in [-0.3, -0.25) is 19.8 Å². The number of benzene rings is 4. The van der Waals surface area contributed by atoms with Gasteiger partial charge >= 0.3 is 0 Å². The quantitative estimate of drug-likeness (QED) is 0.0586. The number of aromatic nitrogens is 1. The van der Waals surface area contributed by atoms with E-state index in [1.54, 1.807) is 42.5 Å². The molecule has 1 saturated heterocycles. The summed E-state index contributed by atoms with van der Waals surface area (Å²) in [6, 6.07) is 30.3. The number of amides is 1. The summed E-state index contributed by atoms with van der Waals surface area (Å²) in [7, 11) is 0. The number of hydrogen-bond donors (Lipinski definition) is 0. The fourth-order valence-electron chi connectivity index (χ4n) is 6.19. The van der Waals surface area contributed by atoms with Gasteiger partial charge in [-0.2, -0.15) is 0 Å². The highest BCUT2D eigenvalue weighted by Gasteiger charge is 2.20. The molecular formula is C44H46Cl2N4O6. The smallest absolute Gasteiger partial charge is 0.269 e. The normalized spacial score (nSPS) is 13.1. The van der Waals surface area contributed by atoms with Crippen LogP contribution in [0.3, 0.4) is 0 Å². The topological polar surface area (TPSA) is 107 Å². The average Bonchev–Trinajstić information content (AvgIpc) is 3.19. The summed E-state index contributed by atoms with van der Waals surface area (Å²) >= 11 is 6.62. The number of nitrogens with zero attached hydrogens (tertiary/aromatic N) is 4. The van der Waals surface area contributed by atoms with Gasteiger partial charge in [0.1, 0.15) is 18.1 Å². The average molecular weight is 798 g/mol. The van der Waals surface area contributed by atoms with Gasteiger partial charge in [0, 0.05) is 63.4 Å². The summed E-state index contributed by atoms with van der Waals surface area (Å²) < 4.78 is 17.7.